The maximum atomic E-state index is 12.5. The maximum Gasteiger partial charge on any atom is 0.291 e. The van der Waals surface area contributed by atoms with Crippen molar-refractivity contribution in [2.24, 2.45) is 0 Å². The van der Waals surface area contributed by atoms with Gasteiger partial charge < -0.3 is 23.9 Å². The van der Waals surface area contributed by atoms with Crippen molar-refractivity contribution >= 4 is 22.6 Å². The van der Waals surface area contributed by atoms with E-state index < -0.39 is 5.91 Å². The highest BCUT2D eigenvalue weighted by molar-refractivity contribution is 6.03. The summed E-state index contributed by atoms with van der Waals surface area (Å²) in [7, 11) is 4.44. The lowest BCUT2D eigenvalue weighted by Crippen LogP contribution is -2.15. The fourth-order valence-corrected chi connectivity index (χ4v) is 2.56. The van der Waals surface area contributed by atoms with Crippen LogP contribution >= 0.6 is 0 Å². The van der Waals surface area contributed by atoms with Gasteiger partial charge in [-0.2, -0.15) is 0 Å². The molecule has 7 heteroatoms. The van der Waals surface area contributed by atoms with E-state index in [1.807, 2.05) is 0 Å². The molecular weight excluding hydrogens is 338 g/mol. The summed E-state index contributed by atoms with van der Waals surface area (Å²) in [5.74, 6) is 0.527. The SMILES string of the molecule is COc1cc(NC(=O)c2cc(=O)c3ccccc3o2)cc(OC)c1OC. The first-order valence-corrected chi connectivity index (χ1v) is 7.71. The van der Waals surface area contributed by atoms with Crippen LogP contribution in [0.15, 0.2) is 51.7 Å². The number of amides is 1. The van der Waals surface area contributed by atoms with Crippen molar-refractivity contribution in [3.05, 3.63) is 58.4 Å². The molecule has 26 heavy (non-hydrogen) atoms. The van der Waals surface area contributed by atoms with Crippen molar-refractivity contribution in [1.82, 2.24) is 0 Å². The normalized spacial score (nSPS) is 10.4. The van der Waals surface area contributed by atoms with Crippen molar-refractivity contribution in [1.29, 1.82) is 0 Å². The number of hydrogen-bond donors (Lipinski definition) is 1. The molecule has 0 aliphatic carbocycles. The number of nitrogens with one attached hydrogen (secondary N) is 1. The zero-order chi connectivity index (χ0) is 18.7. The van der Waals surface area contributed by atoms with Crippen molar-refractivity contribution in [3.8, 4) is 17.2 Å². The number of para-hydroxylation sites is 1. The smallest absolute Gasteiger partial charge is 0.291 e. The van der Waals surface area contributed by atoms with Crippen LogP contribution in [0.5, 0.6) is 17.2 Å². The summed E-state index contributed by atoms with van der Waals surface area (Å²) in [6.45, 7) is 0. The lowest BCUT2D eigenvalue weighted by Gasteiger charge is -2.14. The molecule has 1 aromatic heterocycles. The van der Waals surface area contributed by atoms with Gasteiger partial charge in [0.2, 0.25) is 5.75 Å². The molecule has 2 aromatic carbocycles. The fourth-order valence-electron chi connectivity index (χ4n) is 2.56. The summed E-state index contributed by atoms with van der Waals surface area (Å²) in [5, 5.41) is 3.08. The topological polar surface area (TPSA) is 87.0 Å². The average molecular weight is 355 g/mol. The zero-order valence-electron chi connectivity index (χ0n) is 14.5. The fraction of sp³-hybridized carbons (Fsp3) is 0.158. The summed E-state index contributed by atoms with van der Waals surface area (Å²) < 4.78 is 21.3. The minimum Gasteiger partial charge on any atom is -0.493 e. The quantitative estimate of drug-likeness (QED) is 0.757. The maximum absolute atomic E-state index is 12.5. The molecule has 3 aromatic rings. The van der Waals surface area contributed by atoms with Gasteiger partial charge in [0.1, 0.15) is 5.58 Å². The third-order valence-electron chi connectivity index (χ3n) is 3.78. The van der Waals surface area contributed by atoms with E-state index in [2.05, 4.69) is 5.32 Å². The second-order valence-electron chi connectivity index (χ2n) is 5.34. The Morgan fingerprint density at radius 2 is 1.62 bits per heavy atom. The number of ether oxygens (including phenoxy) is 3. The Morgan fingerprint density at radius 1 is 0.962 bits per heavy atom. The number of carbonyl (C=O) groups is 1. The molecular formula is C19H17NO6. The minimum absolute atomic E-state index is 0.0950. The first kappa shape index (κ1) is 17.3. The molecule has 0 bridgehead atoms. The molecule has 7 nitrogen and oxygen atoms in total. The van der Waals surface area contributed by atoms with Gasteiger partial charge in [-0.1, -0.05) is 12.1 Å². The van der Waals surface area contributed by atoms with Crippen molar-refractivity contribution in [3.63, 3.8) is 0 Å². The molecule has 0 radical (unpaired) electrons. The van der Waals surface area contributed by atoms with Crippen LogP contribution < -0.4 is 25.0 Å². The van der Waals surface area contributed by atoms with Crippen LogP contribution in [0.4, 0.5) is 5.69 Å². The summed E-state index contributed by atoms with van der Waals surface area (Å²) >= 11 is 0. The Kier molecular flexibility index (Phi) is 4.79. The van der Waals surface area contributed by atoms with Gasteiger partial charge in [0.25, 0.3) is 5.91 Å². The zero-order valence-corrected chi connectivity index (χ0v) is 14.5. The van der Waals surface area contributed by atoms with E-state index in [1.165, 1.54) is 21.3 Å². The molecule has 134 valence electrons. The van der Waals surface area contributed by atoms with Crippen LogP contribution in [0.3, 0.4) is 0 Å². The van der Waals surface area contributed by atoms with E-state index in [0.717, 1.165) is 6.07 Å². The molecule has 0 fully saturated rings. The van der Waals surface area contributed by atoms with Crippen molar-refractivity contribution in [2.75, 3.05) is 26.6 Å². The van der Waals surface area contributed by atoms with Gasteiger partial charge in [0.05, 0.1) is 26.7 Å². The molecule has 1 N–H and O–H groups in total. The predicted molar refractivity (Wildman–Crippen MR) is 96.5 cm³/mol. The summed E-state index contributed by atoms with van der Waals surface area (Å²) in [4.78, 5) is 24.7. The second-order valence-corrected chi connectivity index (χ2v) is 5.34. The Labute approximate surface area is 149 Å². The summed E-state index contributed by atoms with van der Waals surface area (Å²) in [6, 6.07) is 11.1. The van der Waals surface area contributed by atoms with Crippen LogP contribution in [-0.2, 0) is 0 Å². The van der Waals surface area contributed by atoms with Crippen LogP contribution in [0.2, 0.25) is 0 Å². The Bertz CT molecular complexity index is 999. The molecule has 1 heterocycles. The number of rotatable bonds is 5. The van der Waals surface area contributed by atoms with Gasteiger partial charge in [0, 0.05) is 23.9 Å². The van der Waals surface area contributed by atoms with Crippen molar-refractivity contribution in [2.45, 2.75) is 0 Å². The van der Waals surface area contributed by atoms with Crippen LogP contribution in [0.25, 0.3) is 11.0 Å². The highest BCUT2D eigenvalue weighted by Crippen LogP contribution is 2.40. The Balaban J connectivity index is 1.96. The predicted octanol–water partition coefficient (Wildman–Crippen LogP) is 3.07. The Hall–Kier alpha value is -3.48. The molecule has 0 atom stereocenters. The van der Waals surface area contributed by atoms with Crippen LogP contribution in [-0.4, -0.2) is 27.2 Å². The van der Waals surface area contributed by atoms with Gasteiger partial charge in [-0.3, -0.25) is 9.59 Å². The van der Waals surface area contributed by atoms with Gasteiger partial charge in [-0.05, 0) is 12.1 Å². The summed E-state index contributed by atoms with van der Waals surface area (Å²) in [6.07, 6.45) is 0. The van der Waals surface area contributed by atoms with E-state index in [-0.39, 0.29) is 11.2 Å². The number of benzene rings is 2. The lowest BCUT2D eigenvalue weighted by molar-refractivity contribution is 0.0997. The minimum atomic E-state index is -0.567. The number of carbonyl (C=O) groups excluding carboxylic acids is 1. The first-order valence-electron chi connectivity index (χ1n) is 7.71. The highest BCUT2D eigenvalue weighted by Gasteiger charge is 2.17. The van der Waals surface area contributed by atoms with Crippen molar-refractivity contribution < 1.29 is 23.4 Å². The average Bonchev–Trinajstić information content (AvgIpc) is 2.67. The van der Waals surface area contributed by atoms with E-state index in [1.54, 1.807) is 36.4 Å². The van der Waals surface area contributed by atoms with Gasteiger partial charge in [0.15, 0.2) is 22.7 Å². The standard InChI is InChI=1S/C19H17NO6/c1-23-15-8-11(9-16(24-2)18(15)25-3)20-19(22)17-10-13(21)12-6-4-5-7-14(12)26-17/h4-10H,1-3H3,(H,20,22). The molecule has 1 amide bonds. The molecule has 0 saturated carbocycles. The van der Waals surface area contributed by atoms with E-state index in [0.29, 0.717) is 33.9 Å². The molecule has 0 aliphatic heterocycles. The third kappa shape index (κ3) is 3.19. The Morgan fingerprint density at radius 3 is 2.23 bits per heavy atom. The van der Waals surface area contributed by atoms with E-state index in [9.17, 15) is 9.59 Å². The number of methoxy groups -OCH3 is 3. The van der Waals surface area contributed by atoms with E-state index >= 15 is 0 Å². The molecule has 3 rings (SSSR count). The summed E-state index contributed by atoms with van der Waals surface area (Å²) in [5.41, 5.74) is 0.456. The first-order chi connectivity index (χ1) is 12.6. The number of anilines is 1. The third-order valence-corrected chi connectivity index (χ3v) is 3.78. The number of fused-ring (bicyclic) bond motifs is 1. The van der Waals surface area contributed by atoms with E-state index in [4.69, 9.17) is 18.6 Å². The molecule has 0 unspecified atom stereocenters. The largest absolute Gasteiger partial charge is 0.493 e. The second kappa shape index (κ2) is 7.18. The lowest BCUT2D eigenvalue weighted by atomic mass is 10.2. The number of hydrogen-bond acceptors (Lipinski definition) is 6. The monoisotopic (exact) mass is 355 g/mol. The van der Waals surface area contributed by atoms with Gasteiger partial charge in [-0.25, -0.2) is 0 Å². The molecule has 0 saturated heterocycles. The van der Waals surface area contributed by atoms with Gasteiger partial charge >= 0.3 is 0 Å². The highest BCUT2D eigenvalue weighted by atomic mass is 16.5. The molecule has 0 aliphatic rings. The van der Waals surface area contributed by atoms with Crippen LogP contribution in [0.1, 0.15) is 10.6 Å². The van der Waals surface area contributed by atoms with Gasteiger partial charge in [-0.15, -0.1) is 0 Å². The van der Waals surface area contributed by atoms with Crippen LogP contribution in [0, 0.1) is 0 Å². The molecule has 0 spiro atoms.